The molecule has 0 aromatic carbocycles. The van der Waals surface area contributed by atoms with Crippen LogP contribution in [-0.4, -0.2) is 15.5 Å². The maximum Gasteiger partial charge on any atom is 0.135 e. The van der Waals surface area contributed by atoms with Gasteiger partial charge in [-0.15, -0.1) is 0 Å². The molecule has 3 N–H and O–H groups in total. The minimum absolute atomic E-state index is 0.284. The van der Waals surface area contributed by atoms with Crippen molar-refractivity contribution >= 4 is 11.6 Å². The first-order valence-corrected chi connectivity index (χ1v) is 7.92. The molecular formula is C16H24N4. The van der Waals surface area contributed by atoms with Crippen molar-refractivity contribution in [3.05, 3.63) is 11.4 Å². The van der Waals surface area contributed by atoms with Crippen molar-refractivity contribution in [1.82, 2.24) is 9.97 Å². The van der Waals surface area contributed by atoms with Gasteiger partial charge in [-0.2, -0.15) is 0 Å². The van der Waals surface area contributed by atoms with Gasteiger partial charge in [0.25, 0.3) is 0 Å². The summed E-state index contributed by atoms with van der Waals surface area (Å²) in [5.41, 5.74) is 7.29. The van der Waals surface area contributed by atoms with Gasteiger partial charge in [0.1, 0.15) is 17.5 Å². The standard InChI is InChI=1S/C16H24N4/c1-9-14(17)18-10(2)19-15(9)20-16-6-11-3-12(7-16)5-13(4-11)8-16/h11-13H,3-8H2,1-2H3,(H3,17,18,19,20). The van der Waals surface area contributed by atoms with Gasteiger partial charge in [0.05, 0.1) is 0 Å². The minimum Gasteiger partial charge on any atom is -0.383 e. The molecule has 0 unspecified atom stereocenters. The van der Waals surface area contributed by atoms with Crippen LogP contribution in [0.5, 0.6) is 0 Å². The van der Waals surface area contributed by atoms with Crippen molar-refractivity contribution in [1.29, 1.82) is 0 Å². The molecule has 4 heteroatoms. The molecule has 1 aromatic heterocycles. The fraction of sp³-hybridized carbons (Fsp3) is 0.750. The molecular weight excluding hydrogens is 248 g/mol. The van der Waals surface area contributed by atoms with Crippen LogP contribution in [0.25, 0.3) is 0 Å². The number of aromatic nitrogens is 2. The molecule has 0 aliphatic heterocycles. The third-order valence-electron chi connectivity index (χ3n) is 5.72. The van der Waals surface area contributed by atoms with Crippen molar-refractivity contribution in [3.8, 4) is 0 Å². The van der Waals surface area contributed by atoms with Crippen LogP contribution in [0, 0.1) is 31.6 Å². The fourth-order valence-electron chi connectivity index (χ4n) is 5.29. The van der Waals surface area contributed by atoms with Crippen LogP contribution in [0.1, 0.15) is 49.9 Å². The van der Waals surface area contributed by atoms with Crippen LogP contribution in [0.15, 0.2) is 0 Å². The zero-order valence-electron chi connectivity index (χ0n) is 12.4. The summed E-state index contributed by atoms with van der Waals surface area (Å²) in [5, 5.41) is 3.81. The third-order valence-corrected chi connectivity index (χ3v) is 5.72. The average molecular weight is 272 g/mol. The van der Waals surface area contributed by atoms with Crippen LogP contribution in [0.4, 0.5) is 11.6 Å². The van der Waals surface area contributed by atoms with Crippen molar-refractivity contribution in [3.63, 3.8) is 0 Å². The van der Waals surface area contributed by atoms with Gasteiger partial charge < -0.3 is 11.1 Å². The molecule has 108 valence electrons. The Bertz CT molecular complexity index is 516. The molecule has 4 aliphatic carbocycles. The SMILES string of the molecule is Cc1nc(N)c(C)c(NC23CC4CC(CC(C4)C2)C3)n1. The van der Waals surface area contributed by atoms with Crippen LogP contribution >= 0.6 is 0 Å². The number of rotatable bonds is 2. The molecule has 4 aliphatic rings. The number of hydrogen-bond donors (Lipinski definition) is 2. The molecule has 5 rings (SSSR count). The first kappa shape index (κ1) is 12.4. The fourth-order valence-corrected chi connectivity index (χ4v) is 5.29. The van der Waals surface area contributed by atoms with E-state index in [0.717, 1.165) is 35.0 Å². The highest BCUT2D eigenvalue weighted by Gasteiger charge is 2.51. The second-order valence-electron chi connectivity index (χ2n) is 7.45. The number of nitrogens with zero attached hydrogens (tertiary/aromatic N) is 2. The summed E-state index contributed by atoms with van der Waals surface area (Å²) in [6, 6.07) is 0. The zero-order valence-corrected chi connectivity index (χ0v) is 12.4. The Balaban J connectivity index is 1.66. The summed E-state index contributed by atoms with van der Waals surface area (Å²) in [7, 11) is 0. The number of aryl methyl sites for hydroxylation is 1. The maximum atomic E-state index is 6.00. The first-order valence-electron chi connectivity index (χ1n) is 7.92. The molecule has 1 heterocycles. The summed E-state index contributed by atoms with van der Waals surface area (Å²) < 4.78 is 0. The lowest BCUT2D eigenvalue weighted by atomic mass is 9.53. The van der Waals surface area contributed by atoms with Gasteiger partial charge in [-0.05, 0) is 70.1 Å². The molecule has 0 amide bonds. The number of nitrogens with two attached hydrogens (primary N) is 1. The predicted octanol–water partition coefficient (Wildman–Crippen LogP) is 3.06. The summed E-state index contributed by atoms with van der Waals surface area (Å²) >= 11 is 0. The Hall–Kier alpha value is -1.32. The van der Waals surface area contributed by atoms with Gasteiger partial charge in [-0.3, -0.25) is 0 Å². The average Bonchev–Trinajstić information content (AvgIpc) is 2.33. The van der Waals surface area contributed by atoms with Gasteiger partial charge in [0.2, 0.25) is 0 Å². The highest BCUT2D eigenvalue weighted by molar-refractivity contribution is 5.56. The van der Waals surface area contributed by atoms with Crippen molar-refractivity contribution in [2.75, 3.05) is 11.1 Å². The predicted molar refractivity (Wildman–Crippen MR) is 80.4 cm³/mol. The van der Waals surface area contributed by atoms with E-state index in [1.807, 2.05) is 13.8 Å². The molecule has 0 saturated heterocycles. The van der Waals surface area contributed by atoms with Crippen LogP contribution in [-0.2, 0) is 0 Å². The van der Waals surface area contributed by atoms with Crippen molar-refractivity contribution in [2.24, 2.45) is 17.8 Å². The Morgan fingerprint density at radius 3 is 2.10 bits per heavy atom. The van der Waals surface area contributed by atoms with E-state index in [0.29, 0.717) is 5.82 Å². The topological polar surface area (TPSA) is 63.8 Å². The molecule has 4 fully saturated rings. The van der Waals surface area contributed by atoms with Crippen molar-refractivity contribution < 1.29 is 0 Å². The van der Waals surface area contributed by atoms with Gasteiger partial charge in [0, 0.05) is 11.1 Å². The first-order chi connectivity index (χ1) is 9.53. The molecule has 0 spiro atoms. The van der Waals surface area contributed by atoms with E-state index in [-0.39, 0.29) is 5.54 Å². The van der Waals surface area contributed by atoms with E-state index in [2.05, 4.69) is 15.3 Å². The van der Waals surface area contributed by atoms with E-state index in [4.69, 9.17) is 5.73 Å². The monoisotopic (exact) mass is 272 g/mol. The maximum absolute atomic E-state index is 6.00. The minimum atomic E-state index is 0.284. The van der Waals surface area contributed by atoms with E-state index in [9.17, 15) is 0 Å². The molecule has 4 saturated carbocycles. The second kappa shape index (κ2) is 4.09. The third kappa shape index (κ3) is 1.88. The van der Waals surface area contributed by atoms with E-state index >= 15 is 0 Å². The Morgan fingerprint density at radius 2 is 1.55 bits per heavy atom. The summed E-state index contributed by atoms with van der Waals surface area (Å²) in [6.07, 6.45) is 8.35. The number of hydrogen-bond acceptors (Lipinski definition) is 4. The zero-order chi connectivity index (χ0) is 13.9. The van der Waals surface area contributed by atoms with Crippen LogP contribution < -0.4 is 11.1 Å². The molecule has 1 aromatic rings. The van der Waals surface area contributed by atoms with Gasteiger partial charge in [-0.25, -0.2) is 9.97 Å². The molecule has 0 radical (unpaired) electrons. The second-order valence-corrected chi connectivity index (χ2v) is 7.45. The number of anilines is 2. The van der Waals surface area contributed by atoms with Crippen LogP contribution in [0.2, 0.25) is 0 Å². The van der Waals surface area contributed by atoms with E-state index in [1.165, 1.54) is 38.5 Å². The molecule has 4 bridgehead atoms. The van der Waals surface area contributed by atoms with E-state index < -0.39 is 0 Å². The quantitative estimate of drug-likeness (QED) is 0.868. The van der Waals surface area contributed by atoms with Crippen LogP contribution in [0.3, 0.4) is 0 Å². The lowest BCUT2D eigenvalue weighted by Crippen LogP contribution is -2.55. The number of nitrogens with one attached hydrogen (secondary N) is 1. The van der Waals surface area contributed by atoms with Gasteiger partial charge in [0.15, 0.2) is 0 Å². The summed E-state index contributed by atoms with van der Waals surface area (Å²) in [4.78, 5) is 8.86. The van der Waals surface area contributed by atoms with Crippen molar-refractivity contribution in [2.45, 2.75) is 57.9 Å². The lowest BCUT2D eigenvalue weighted by Gasteiger charge is -2.57. The largest absolute Gasteiger partial charge is 0.383 e. The molecule has 4 nitrogen and oxygen atoms in total. The smallest absolute Gasteiger partial charge is 0.135 e. The summed E-state index contributed by atoms with van der Waals surface area (Å²) in [6.45, 7) is 3.94. The molecule has 0 atom stereocenters. The number of nitrogen functional groups attached to an aromatic ring is 1. The highest BCUT2D eigenvalue weighted by Crippen LogP contribution is 2.56. The Kier molecular flexibility index (Phi) is 2.54. The summed E-state index contributed by atoms with van der Waals surface area (Å²) in [5.74, 6) is 5.17. The Labute approximate surface area is 120 Å². The van der Waals surface area contributed by atoms with E-state index in [1.54, 1.807) is 0 Å². The lowest BCUT2D eigenvalue weighted by molar-refractivity contribution is 0.0105. The Morgan fingerprint density at radius 1 is 1.00 bits per heavy atom. The molecule has 20 heavy (non-hydrogen) atoms. The highest BCUT2D eigenvalue weighted by atomic mass is 15.1. The van der Waals surface area contributed by atoms with Gasteiger partial charge >= 0.3 is 0 Å². The normalized spacial score (nSPS) is 38.2. The van der Waals surface area contributed by atoms with Gasteiger partial charge in [-0.1, -0.05) is 0 Å².